The van der Waals surface area contributed by atoms with Gasteiger partial charge in [0.1, 0.15) is 17.2 Å². The number of ether oxygens (including phenoxy) is 2. The molecule has 0 aliphatic heterocycles. The molecule has 2 aromatic rings. The minimum absolute atomic E-state index is 0.108. The second-order valence-electron chi connectivity index (χ2n) is 10.4. The molecule has 0 heterocycles. The number of alkyl halides is 3. The molecule has 0 bridgehead atoms. The Kier molecular flexibility index (Phi) is 7.37. The van der Waals surface area contributed by atoms with Crippen molar-refractivity contribution >= 4 is 16.0 Å². The van der Waals surface area contributed by atoms with Crippen LogP contribution < -0.4 is 19.0 Å². The monoisotopic (exact) mass is 555 g/mol. The Balaban J connectivity index is 1.59. The molecule has 38 heavy (non-hydrogen) atoms. The van der Waals surface area contributed by atoms with Crippen molar-refractivity contribution in [1.29, 1.82) is 0 Å². The second kappa shape index (κ2) is 9.98. The topological polar surface area (TPSA) is 90.9 Å². The first-order valence-electron chi connectivity index (χ1n) is 12.4. The molecule has 0 aromatic heterocycles. The van der Waals surface area contributed by atoms with Crippen LogP contribution in [-0.2, 0) is 33.3 Å². The van der Waals surface area contributed by atoms with Gasteiger partial charge in [-0.3, -0.25) is 4.79 Å². The van der Waals surface area contributed by atoms with Crippen LogP contribution in [0.15, 0.2) is 36.4 Å². The molecule has 2 aliphatic rings. The molecule has 1 N–H and O–H groups in total. The summed E-state index contributed by atoms with van der Waals surface area (Å²) in [6.07, 6.45) is 3.45. The quantitative estimate of drug-likeness (QED) is 0.370. The molecular weight excluding hydrogens is 523 g/mol. The highest BCUT2D eigenvalue weighted by molar-refractivity contribution is 7.88. The minimum Gasteiger partial charge on any atom is -0.497 e. The average molecular weight is 556 g/mol. The van der Waals surface area contributed by atoms with Crippen LogP contribution in [0.4, 0.5) is 13.2 Å². The average Bonchev–Trinajstić information content (AvgIpc) is 2.86. The lowest BCUT2D eigenvalue weighted by atomic mass is 9.49. The third kappa shape index (κ3) is 4.92. The molecular formula is C27H32F3NO6S. The van der Waals surface area contributed by atoms with E-state index in [0.29, 0.717) is 24.3 Å². The smallest absolute Gasteiger partial charge is 0.497 e. The highest BCUT2D eigenvalue weighted by Crippen LogP contribution is 2.57. The van der Waals surface area contributed by atoms with Crippen LogP contribution in [0.1, 0.15) is 56.2 Å². The maximum Gasteiger partial charge on any atom is 0.534 e. The second-order valence-corrected chi connectivity index (χ2v) is 12.0. The van der Waals surface area contributed by atoms with Crippen molar-refractivity contribution in [3.63, 3.8) is 0 Å². The maximum absolute atomic E-state index is 13.7. The lowest BCUT2D eigenvalue weighted by Crippen LogP contribution is -2.55. The Morgan fingerprint density at radius 2 is 1.76 bits per heavy atom. The third-order valence-electron chi connectivity index (χ3n) is 8.27. The van der Waals surface area contributed by atoms with Crippen LogP contribution in [-0.4, -0.2) is 34.1 Å². The number of hydrogen-bond acceptors (Lipinski definition) is 6. The van der Waals surface area contributed by atoms with Crippen LogP contribution in [0, 0.1) is 11.3 Å². The van der Waals surface area contributed by atoms with Gasteiger partial charge in [0.25, 0.3) is 0 Å². The highest BCUT2D eigenvalue weighted by Gasteiger charge is 2.55. The number of benzene rings is 2. The third-order valence-corrected chi connectivity index (χ3v) is 9.25. The molecule has 0 radical (unpaired) electrons. The lowest BCUT2D eigenvalue weighted by molar-refractivity contribution is -0.139. The van der Waals surface area contributed by atoms with Crippen molar-refractivity contribution in [1.82, 2.24) is 5.32 Å². The summed E-state index contributed by atoms with van der Waals surface area (Å²) >= 11 is 0. The summed E-state index contributed by atoms with van der Waals surface area (Å²) < 4.78 is 77.0. The van der Waals surface area contributed by atoms with Gasteiger partial charge in [-0.1, -0.05) is 26.3 Å². The van der Waals surface area contributed by atoms with Crippen molar-refractivity contribution in [3.8, 4) is 17.2 Å². The number of fused-ring (bicyclic) bond motifs is 3. The number of methoxy groups -OCH3 is 2. The maximum atomic E-state index is 13.7. The fraction of sp³-hybridized carbons (Fsp3) is 0.519. The fourth-order valence-corrected chi connectivity index (χ4v) is 6.76. The molecule has 7 nitrogen and oxygen atoms in total. The van der Waals surface area contributed by atoms with Gasteiger partial charge in [0, 0.05) is 18.2 Å². The molecule has 1 amide bonds. The Morgan fingerprint density at radius 1 is 1.05 bits per heavy atom. The zero-order chi connectivity index (χ0) is 27.9. The molecule has 208 valence electrons. The minimum atomic E-state index is -5.79. The molecule has 0 spiro atoms. The van der Waals surface area contributed by atoms with Crippen molar-refractivity contribution < 1.29 is 40.0 Å². The summed E-state index contributed by atoms with van der Waals surface area (Å²) in [4.78, 5) is 13.7. The summed E-state index contributed by atoms with van der Waals surface area (Å²) in [7, 11) is -2.68. The summed E-state index contributed by atoms with van der Waals surface area (Å²) in [5.41, 5.74) is -4.35. The van der Waals surface area contributed by atoms with Crippen LogP contribution in [0.2, 0.25) is 0 Å². The normalized spacial score (nSPS) is 25.1. The van der Waals surface area contributed by atoms with Crippen molar-refractivity contribution in [2.75, 3.05) is 14.2 Å². The zero-order valence-electron chi connectivity index (χ0n) is 21.8. The molecule has 11 heteroatoms. The van der Waals surface area contributed by atoms with E-state index in [4.69, 9.17) is 9.47 Å². The largest absolute Gasteiger partial charge is 0.534 e. The first kappa shape index (κ1) is 28.1. The van der Waals surface area contributed by atoms with Gasteiger partial charge in [-0.2, -0.15) is 21.6 Å². The van der Waals surface area contributed by atoms with Crippen LogP contribution in [0.3, 0.4) is 0 Å². The van der Waals surface area contributed by atoms with Crippen LogP contribution >= 0.6 is 0 Å². The first-order valence-corrected chi connectivity index (χ1v) is 13.8. The van der Waals surface area contributed by atoms with Gasteiger partial charge in [-0.15, -0.1) is 0 Å². The Morgan fingerprint density at radius 3 is 2.42 bits per heavy atom. The van der Waals surface area contributed by atoms with Crippen LogP contribution in [0.25, 0.3) is 0 Å². The van der Waals surface area contributed by atoms with Crippen molar-refractivity contribution in [3.05, 3.63) is 53.1 Å². The van der Waals surface area contributed by atoms with Gasteiger partial charge in [-0.25, -0.2) is 0 Å². The van der Waals surface area contributed by atoms with E-state index in [9.17, 15) is 26.4 Å². The number of halogens is 3. The number of carbonyl (C=O) groups excluding carboxylic acids is 1. The van der Waals surface area contributed by atoms with Crippen LogP contribution in [0.5, 0.6) is 17.2 Å². The summed E-state index contributed by atoms with van der Waals surface area (Å²) in [6, 6.07) is 9.65. The van der Waals surface area contributed by atoms with Gasteiger partial charge in [0.15, 0.2) is 0 Å². The molecule has 2 aliphatic carbocycles. The number of rotatable bonds is 7. The molecule has 0 saturated heterocycles. The number of hydrogen-bond donors (Lipinski definition) is 1. The number of carbonyl (C=O) groups is 1. The number of nitrogens with one attached hydrogen (secondary N) is 1. The predicted molar refractivity (Wildman–Crippen MR) is 135 cm³/mol. The van der Waals surface area contributed by atoms with E-state index in [1.807, 2.05) is 19.9 Å². The van der Waals surface area contributed by atoms with Gasteiger partial charge < -0.3 is 19.0 Å². The van der Waals surface area contributed by atoms with Crippen molar-refractivity contribution in [2.24, 2.45) is 11.3 Å². The van der Waals surface area contributed by atoms with E-state index >= 15 is 0 Å². The molecule has 2 aromatic carbocycles. The highest BCUT2D eigenvalue weighted by atomic mass is 32.2. The Hall–Kier alpha value is -2.95. The van der Waals surface area contributed by atoms with Crippen molar-refractivity contribution in [2.45, 2.75) is 63.4 Å². The van der Waals surface area contributed by atoms with Gasteiger partial charge in [0.2, 0.25) is 5.91 Å². The van der Waals surface area contributed by atoms with Gasteiger partial charge in [0.05, 0.1) is 19.6 Å². The zero-order valence-corrected chi connectivity index (χ0v) is 22.6. The van der Waals surface area contributed by atoms with Gasteiger partial charge in [-0.05, 0) is 72.4 Å². The molecule has 0 unspecified atom stereocenters. The van der Waals surface area contributed by atoms with E-state index < -0.39 is 26.5 Å². The van der Waals surface area contributed by atoms with E-state index in [0.717, 1.165) is 36.0 Å². The summed E-state index contributed by atoms with van der Waals surface area (Å²) in [5.74, 6) is 0.631. The lowest BCUT2D eigenvalue weighted by Gasteiger charge is -2.54. The number of amides is 1. The Bertz CT molecular complexity index is 1330. The molecule has 4 rings (SSSR count). The van der Waals surface area contributed by atoms with Gasteiger partial charge >= 0.3 is 15.6 Å². The van der Waals surface area contributed by atoms with E-state index in [1.54, 1.807) is 32.4 Å². The number of aryl methyl sites for hydroxylation is 1. The molecule has 1 fully saturated rings. The SMILES string of the molecule is COc1ccc(CNC(=O)[C@@]2(C)CCC[C@]3(C)c4cc(OS(=O)(=O)C(F)(F)F)ccc4CC[C@@H]23)c(OC)c1. The molecule has 1 saturated carbocycles. The summed E-state index contributed by atoms with van der Waals surface area (Å²) in [6.45, 7) is 4.21. The summed E-state index contributed by atoms with van der Waals surface area (Å²) in [5, 5.41) is 3.07. The van der Waals surface area contributed by atoms with E-state index in [-0.39, 0.29) is 24.1 Å². The first-order chi connectivity index (χ1) is 17.7. The van der Waals surface area contributed by atoms with E-state index in [1.165, 1.54) is 12.1 Å². The molecule has 3 atom stereocenters. The standard InChI is InChI=1S/C27H32F3NO6S/c1-25-12-5-13-26(2,24(32)31-16-18-7-9-19(35-3)15-22(18)36-4)23(25)11-8-17-6-10-20(14-21(17)25)37-38(33,34)27(28,29)30/h6-7,9-10,14-15,23H,5,8,11-13,16H2,1-4H3,(H,31,32)/t23-,25-,26+/m1/s1. The predicted octanol–water partition coefficient (Wildman–Crippen LogP) is 5.26. The fourth-order valence-electron chi connectivity index (χ4n) is 6.31. The Labute approximate surface area is 220 Å². The van der Waals surface area contributed by atoms with E-state index in [2.05, 4.69) is 9.50 Å².